The zero-order chi connectivity index (χ0) is 21.9. The maximum atomic E-state index is 13.0. The predicted octanol–water partition coefficient (Wildman–Crippen LogP) is 2.25. The number of rotatable bonds is 5. The number of fused-ring (bicyclic) bond motifs is 1. The zero-order valence-electron chi connectivity index (χ0n) is 15.9. The summed E-state index contributed by atoms with van der Waals surface area (Å²) in [7, 11) is 1.24. The highest BCUT2D eigenvalue weighted by Crippen LogP contribution is 2.31. The Morgan fingerprint density at radius 3 is 2.47 bits per heavy atom. The number of carbonyl (C=O) groups excluding carboxylic acids is 2. The Morgan fingerprint density at radius 2 is 1.83 bits per heavy atom. The lowest BCUT2D eigenvalue weighted by molar-refractivity contribution is -0.146. The van der Waals surface area contributed by atoms with Gasteiger partial charge in [0.15, 0.2) is 0 Å². The van der Waals surface area contributed by atoms with Crippen LogP contribution < -0.4 is 10.6 Å². The van der Waals surface area contributed by atoms with Crippen LogP contribution in [0.15, 0.2) is 48.5 Å². The normalized spacial score (nSPS) is 12.6. The number of aryl methyl sites for hydroxylation is 1. The Labute approximate surface area is 169 Å². The van der Waals surface area contributed by atoms with Crippen molar-refractivity contribution in [3.8, 4) is 0 Å². The molecule has 0 unspecified atom stereocenters. The van der Waals surface area contributed by atoms with E-state index in [4.69, 9.17) is 0 Å². The zero-order valence-corrected chi connectivity index (χ0v) is 15.9. The Kier molecular flexibility index (Phi) is 6.06. The summed E-state index contributed by atoms with van der Waals surface area (Å²) in [6.45, 7) is -0.367. The predicted molar refractivity (Wildman–Crippen MR) is 104 cm³/mol. The molecule has 0 radical (unpaired) electrons. The highest BCUT2D eigenvalue weighted by atomic mass is 19.4. The van der Waals surface area contributed by atoms with Crippen LogP contribution in [0.1, 0.15) is 11.4 Å². The molecule has 3 N–H and O–H groups in total. The van der Waals surface area contributed by atoms with Gasteiger partial charge in [-0.1, -0.05) is 30.3 Å². The third-order valence-corrected chi connectivity index (χ3v) is 4.48. The summed E-state index contributed by atoms with van der Waals surface area (Å²) in [4.78, 5) is 27.9. The van der Waals surface area contributed by atoms with Crippen LogP contribution in [0.3, 0.4) is 0 Å². The summed E-state index contributed by atoms with van der Waals surface area (Å²) in [6.07, 6.45) is -4.29. The number of amides is 2. The monoisotopic (exact) mass is 420 g/mol. The van der Waals surface area contributed by atoms with Gasteiger partial charge < -0.3 is 20.3 Å². The second-order valence-corrected chi connectivity index (χ2v) is 6.69. The standard InChI is InChI=1S/C20H19F3N4O3/c1-27-16-8-7-13(10-15(16)26-19(27)20(21,22)23)24-17(29)18(30)25-14(11-28)9-12-5-3-2-4-6-12/h2-8,10,14,28H,9,11H2,1H3,(H,24,29)(H,25,30)/t14-/m1/s1. The van der Waals surface area contributed by atoms with Crippen LogP contribution in [0.5, 0.6) is 0 Å². The number of imidazole rings is 1. The number of hydrogen-bond acceptors (Lipinski definition) is 4. The van der Waals surface area contributed by atoms with Crippen LogP contribution in [0, 0.1) is 0 Å². The Morgan fingerprint density at radius 1 is 1.13 bits per heavy atom. The number of hydrogen-bond donors (Lipinski definition) is 3. The maximum absolute atomic E-state index is 13.0. The highest BCUT2D eigenvalue weighted by molar-refractivity contribution is 6.39. The Hall–Kier alpha value is -3.40. The molecule has 158 valence electrons. The molecule has 0 bridgehead atoms. The van der Waals surface area contributed by atoms with Crippen molar-refractivity contribution in [3.63, 3.8) is 0 Å². The summed E-state index contributed by atoms with van der Waals surface area (Å²) in [5.41, 5.74) is 1.25. The molecule has 3 rings (SSSR count). The number of benzene rings is 2. The lowest BCUT2D eigenvalue weighted by Crippen LogP contribution is -2.44. The van der Waals surface area contributed by atoms with E-state index in [1.54, 1.807) is 0 Å². The number of nitrogens with one attached hydrogen (secondary N) is 2. The molecule has 0 saturated heterocycles. The van der Waals surface area contributed by atoms with Crippen molar-refractivity contribution in [2.45, 2.75) is 18.6 Å². The van der Waals surface area contributed by atoms with E-state index < -0.39 is 29.9 Å². The van der Waals surface area contributed by atoms with Crippen molar-refractivity contribution in [1.29, 1.82) is 0 Å². The van der Waals surface area contributed by atoms with Crippen molar-refractivity contribution in [2.24, 2.45) is 7.05 Å². The minimum Gasteiger partial charge on any atom is -0.394 e. The molecule has 0 aliphatic heterocycles. The number of alkyl halides is 3. The first-order chi connectivity index (χ1) is 14.2. The van der Waals surface area contributed by atoms with Crippen LogP contribution in [0.2, 0.25) is 0 Å². The van der Waals surface area contributed by atoms with Crippen molar-refractivity contribution < 1.29 is 27.9 Å². The summed E-state index contributed by atoms with van der Waals surface area (Å²) >= 11 is 0. The molecule has 0 aliphatic carbocycles. The van der Waals surface area contributed by atoms with Gasteiger partial charge in [-0.25, -0.2) is 4.98 Å². The maximum Gasteiger partial charge on any atom is 0.449 e. The fraction of sp³-hybridized carbons (Fsp3) is 0.250. The lowest BCUT2D eigenvalue weighted by Gasteiger charge is -2.16. The molecule has 0 aliphatic rings. The molecule has 0 saturated carbocycles. The van der Waals surface area contributed by atoms with Gasteiger partial charge in [-0.2, -0.15) is 13.2 Å². The molecule has 2 amide bonds. The summed E-state index contributed by atoms with van der Waals surface area (Å²) in [5.74, 6) is -3.04. The minimum absolute atomic E-state index is 0.0281. The molecular weight excluding hydrogens is 401 g/mol. The van der Waals surface area contributed by atoms with E-state index >= 15 is 0 Å². The van der Waals surface area contributed by atoms with Crippen molar-refractivity contribution in [2.75, 3.05) is 11.9 Å². The third kappa shape index (κ3) is 4.77. The van der Waals surface area contributed by atoms with Crippen molar-refractivity contribution >= 4 is 28.5 Å². The van der Waals surface area contributed by atoms with E-state index in [1.165, 1.54) is 25.2 Å². The molecule has 1 heterocycles. The molecule has 0 fully saturated rings. The van der Waals surface area contributed by atoms with Gasteiger partial charge in [0.25, 0.3) is 0 Å². The molecule has 2 aromatic carbocycles. The quantitative estimate of drug-likeness (QED) is 0.552. The lowest BCUT2D eigenvalue weighted by atomic mass is 10.1. The molecule has 30 heavy (non-hydrogen) atoms. The number of anilines is 1. The van der Waals surface area contributed by atoms with Crippen LogP contribution in [0.4, 0.5) is 18.9 Å². The van der Waals surface area contributed by atoms with Gasteiger partial charge in [0.2, 0.25) is 5.82 Å². The first-order valence-electron chi connectivity index (χ1n) is 8.99. The number of carbonyl (C=O) groups is 2. The first-order valence-corrected chi connectivity index (χ1v) is 8.99. The molecular formula is C20H19F3N4O3. The topological polar surface area (TPSA) is 96.2 Å². The molecule has 10 heteroatoms. The Balaban J connectivity index is 1.68. The van der Waals surface area contributed by atoms with Crippen molar-refractivity contribution in [1.82, 2.24) is 14.9 Å². The van der Waals surface area contributed by atoms with Gasteiger partial charge >= 0.3 is 18.0 Å². The second kappa shape index (κ2) is 8.54. The number of halogens is 3. The van der Waals surface area contributed by atoms with E-state index in [1.807, 2.05) is 30.3 Å². The number of nitrogens with zero attached hydrogens (tertiary/aromatic N) is 2. The number of aliphatic hydroxyl groups excluding tert-OH is 1. The smallest absolute Gasteiger partial charge is 0.394 e. The van der Waals surface area contributed by atoms with Crippen LogP contribution in [0.25, 0.3) is 11.0 Å². The molecule has 0 spiro atoms. The second-order valence-electron chi connectivity index (χ2n) is 6.69. The van der Waals surface area contributed by atoms with E-state index in [-0.39, 0.29) is 23.3 Å². The van der Waals surface area contributed by atoms with Gasteiger partial charge in [0.05, 0.1) is 23.7 Å². The molecule has 1 atom stereocenters. The SMILES string of the molecule is Cn1c(C(F)(F)F)nc2cc(NC(=O)C(=O)N[C@@H](CO)Cc3ccccc3)ccc21. The summed E-state index contributed by atoms with van der Waals surface area (Å²) in [6, 6.07) is 12.5. The number of aliphatic hydroxyl groups is 1. The Bertz CT molecular complexity index is 1060. The van der Waals surface area contributed by atoms with Gasteiger partial charge in [0, 0.05) is 12.7 Å². The minimum atomic E-state index is -4.62. The van der Waals surface area contributed by atoms with Gasteiger partial charge in [-0.05, 0) is 30.2 Å². The van der Waals surface area contributed by atoms with Gasteiger partial charge in [-0.3, -0.25) is 9.59 Å². The van der Waals surface area contributed by atoms with E-state index in [0.29, 0.717) is 6.42 Å². The summed E-state index contributed by atoms with van der Waals surface area (Å²) < 4.78 is 39.9. The molecule has 1 aromatic heterocycles. The van der Waals surface area contributed by atoms with E-state index in [0.717, 1.165) is 10.1 Å². The third-order valence-electron chi connectivity index (χ3n) is 4.48. The first kappa shape index (κ1) is 21.3. The summed E-state index contributed by atoms with van der Waals surface area (Å²) in [5, 5.41) is 14.2. The highest BCUT2D eigenvalue weighted by Gasteiger charge is 2.36. The van der Waals surface area contributed by atoms with Gasteiger partial charge in [-0.15, -0.1) is 0 Å². The molecule has 3 aromatic rings. The van der Waals surface area contributed by atoms with Crippen LogP contribution in [-0.2, 0) is 29.2 Å². The fourth-order valence-electron chi connectivity index (χ4n) is 3.03. The number of aromatic nitrogens is 2. The average Bonchev–Trinajstić information content (AvgIpc) is 3.04. The van der Waals surface area contributed by atoms with Crippen molar-refractivity contribution in [3.05, 3.63) is 59.9 Å². The fourth-order valence-corrected chi connectivity index (χ4v) is 3.03. The molecule has 7 nitrogen and oxygen atoms in total. The largest absolute Gasteiger partial charge is 0.449 e. The van der Waals surface area contributed by atoms with E-state index in [2.05, 4.69) is 15.6 Å². The average molecular weight is 420 g/mol. The van der Waals surface area contributed by atoms with Crippen LogP contribution in [-0.4, -0.2) is 39.1 Å². The van der Waals surface area contributed by atoms with Crippen LogP contribution >= 0.6 is 0 Å². The van der Waals surface area contributed by atoms with Gasteiger partial charge in [0.1, 0.15) is 0 Å². The van der Waals surface area contributed by atoms with E-state index in [9.17, 15) is 27.9 Å².